The Kier molecular flexibility index (Phi) is 22.0. The Hall–Kier alpha value is -7.30. The summed E-state index contributed by atoms with van der Waals surface area (Å²) in [6, 6.07) is 27.3. The Morgan fingerprint density at radius 2 is 0.522 bits per heavy atom. The summed E-state index contributed by atoms with van der Waals surface area (Å²) >= 11 is 0. The van der Waals surface area contributed by atoms with Crippen LogP contribution < -0.4 is 0 Å². The van der Waals surface area contributed by atoms with E-state index >= 15 is 0 Å². The molecule has 10 nitrogen and oxygen atoms in total. The summed E-state index contributed by atoms with van der Waals surface area (Å²) in [6.45, 7) is 28.1. The van der Waals surface area contributed by atoms with Gasteiger partial charge in [-0.25, -0.2) is 29.9 Å². The van der Waals surface area contributed by atoms with E-state index < -0.39 is 0 Å². The third-order valence-electron chi connectivity index (χ3n) is 20.8. The molecule has 0 radical (unpaired) electrons. The van der Waals surface area contributed by atoms with Gasteiger partial charge in [0.15, 0.2) is 23.3 Å². The number of nitrogens with one attached hydrogen (secondary N) is 2. The van der Waals surface area contributed by atoms with Crippen LogP contribution in [0.25, 0.3) is 100 Å². The Labute approximate surface area is 538 Å². The molecule has 8 aromatic rings. The van der Waals surface area contributed by atoms with Crippen molar-refractivity contribution in [2.45, 2.75) is 273 Å². The van der Waals surface area contributed by atoms with Crippen LogP contribution in [0.1, 0.15) is 317 Å². The minimum absolute atomic E-state index is 0.337. The highest BCUT2D eigenvalue weighted by Crippen LogP contribution is 2.48. The van der Waals surface area contributed by atoms with E-state index in [0.717, 1.165) is 194 Å². The van der Waals surface area contributed by atoms with Gasteiger partial charge < -0.3 is 9.97 Å². The van der Waals surface area contributed by atoms with Crippen molar-refractivity contribution >= 4 is 54.9 Å². The number of nitriles is 2. The van der Waals surface area contributed by atoms with E-state index in [2.05, 4.69) is 154 Å². The lowest BCUT2D eigenvalue weighted by molar-refractivity contribution is 0.534. The van der Waals surface area contributed by atoms with E-state index in [4.69, 9.17) is 29.9 Å². The topological polar surface area (TPSA) is 156 Å². The highest BCUT2D eigenvalue weighted by molar-refractivity contribution is 6.12. The van der Waals surface area contributed by atoms with Gasteiger partial charge in [0.25, 0.3) is 0 Å². The van der Waals surface area contributed by atoms with Crippen LogP contribution in [0, 0.1) is 22.7 Å². The van der Waals surface area contributed by atoms with E-state index in [1.807, 2.05) is 12.1 Å². The van der Waals surface area contributed by atoms with E-state index in [-0.39, 0.29) is 0 Å². The number of aromatic nitrogens is 8. The largest absolute Gasteiger partial charge is 0.324 e. The Morgan fingerprint density at radius 3 is 0.733 bits per heavy atom. The van der Waals surface area contributed by atoms with Gasteiger partial charge in [-0.05, 0) is 217 Å². The molecule has 0 aliphatic carbocycles. The van der Waals surface area contributed by atoms with E-state index in [0.29, 0.717) is 81.2 Å². The van der Waals surface area contributed by atoms with Gasteiger partial charge in [0, 0.05) is 43.8 Å². The number of rotatable bonds is 30. The fourth-order valence-electron chi connectivity index (χ4n) is 15.3. The number of nitrogens with zero attached hydrogens (tertiary/aromatic N) is 8. The van der Waals surface area contributed by atoms with Gasteiger partial charge in [-0.2, -0.15) is 10.5 Å². The van der Waals surface area contributed by atoms with Crippen LogP contribution in [-0.4, -0.2) is 39.9 Å². The maximum Gasteiger partial charge on any atom is 0.164 e. The second kappa shape index (κ2) is 30.2. The van der Waals surface area contributed by atoms with Gasteiger partial charge in [-0.3, -0.25) is 0 Å². The van der Waals surface area contributed by atoms with Crippen molar-refractivity contribution in [3.63, 3.8) is 0 Å². The number of aromatic amines is 2. The number of hydrogen-bond acceptors (Lipinski definition) is 8. The molecule has 6 atom stereocenters. The molecular formula is C80H102N10. The number of fused-ring (bicyclic) bond motifs is 21. The predicted octanol–water partition coefficient (Wildman–Crippen LogP) is 23.9. The van der Waals surface area contributed by atoms with Crippen molar-refractivity contribution in [3.8, 4) is 57.7 Å². The summed E-state index contributed by atoms with van der Waals surface area (Å²) < 4.78 is 0. The molecule has 3 aromatic heterocycles. The average Bonchev–Trinajstić information content (AvgIpc) is 1.63. The van der Waals surface area contributed by atoms with Gasteiger partial charge in [0.2, 0.25) is 0 Å². The van der Waals surface area contributed by atoms with Crippen molar-refractivity contribution < 1.29 is 0 Å². The van der Waals surface area contributed by atoms with Crippen LogP contribution in [0.5, 0.6) is 0 Å². The number of hydrogen-bond donors (Lipinski definition) is 2. The molecule has 5 aromatic carbocycles. The van der Waals surface area contributed by atoms with Crippen molar-refractivity contribution in [2.24, 2.45) is 0 Å². The molecular weight excluding hydrogens is 1100 g/mol. The molecule has 90 heavy (non-hydrogen) atoms. The smallest absolute Gasteiger partial charge is 0.164 e. The second-order valence-electron chi connectivity index (χ2n) is 26.5. The van der Waals surface area contributed by atoms with Crippen molar-refractivity contribution in [3.05, 3.63) is 105 Å². The highest BCUT2D eigenvalue weighted by Gasteiger charge is 2.31. The van der Waals surface area contributed by atoms with Gasteiger partial charge in [-0.1, -0.05) is 160 Å². The Balaban J connectivity index is 1.42. The number of benzene rings is 5. The summed E-state index contributed by atoms with van der Waals surface area (Å²) in [6.07, 6.45) is 27.0. The van der Waals surface area contributed by atoms with Crippen LogP contribution in [0.3, 0.4) is 0 Å². The summed E-state index contributed by atoms with van der Waals surface area (Å²) in [4.78, 5) is 42.1. The first-order chi connectivity index (χ1) is 44.0. The zero-order chi connectivity index (χ0) is 63.6. The van der Waals surface area contributed by atoms with E-state index in [1.54, 1.807) is 0 Å². The monoisotopic (exact) mass is 1200 g/mol. The van der Waals surface area contributed by atoms with Gasteiger partial charge in [0.05, 0.1) is 11.1 Å². The third-order valence-corrected chi connectivity index (χ3v) is 20.8. The first-order valence-corrected chi connectivity index (χ1v) is 35.8. The molecule has 2 aliphatic heterocycles. The summed E-state index contributed by atoms with van der Waals surface area (Å²) in [7, 11) is 0. The molecule has 2 aliphatic rings. The predicted molar refractivity (Wildman–Crippen MR) is 378 cm³/mol. The van der Waals surface area contributed by atoms with E-state index in [1.165, 1.54) is 59.1 Å². The van der Waals surface area contributed by atoms with E-state index in [9.17, 15) is 10.5 Å². The minimum Gasteiger partial charge on any atom is -0.324 e. The minimum atomic E-state index is 0.337. The molecule has 0 spiro atoms. The molecule has 0 amide bonds. The maximum absolute atomic E-state index is 10.3. The molecule has 10 rings (SSSR count). The normalized spacial score (nSPS) is 14.1. The van der Waals surface area contributed by atoms with Crippen molar-refractivity contribution in [1.29, 1.82) is 10.5 Å². The molecule has 2 N–H and O–H groups in total. The van der Waals surface area contributed by atoms with Crippen LogP contribution in [-0.2, 0) is 0 Å². The standard InChI is InChI=1S/C80H102N10/c1-13-25-31-49(19-7)59-41-67-69(43-61(59)51(21-9)33-27-15-3)77-86-75(67)84-73-65-39-55-37-57(47-81)58(48-82)38-56(55)40-66(65)74(83-73)85-76-68-42-60(50(20-8)32-26-14-2)62(52(22-10)34-28-16-4)44-70(68)78(87-76)89-80-72-46-64(54(24-12)36-30-18-6)63(53(23-11)35-29-17-5)45-71(72)79(88-77)90-80/h37-46,49-54H,13-36H2,1-12H3,(H2,83,84,85,86,87,88,89,90). The summed E-state index contributed by atoms with van der Waals surface area (Å²) in [5.74, 6) is 4.81. The Morgan fingerprint density at radius 1 is 0.300 bits per heavy atom. The summed E-state index contributed by atoms with van der Waals surface area (Å²) in [5, 5.41) is 26.1. The second-order valence-corrected chi connectivity index (χ2v) is 26.5. The molecule has 6 unspecified atom stereocenters. The molecule has 472 valence electrons. The molecule has 0 saturated heterocycles. The van der Waals surface area contributed by atoms with Crippen molar-refractivity contribution in [1.82, 2.24) is 39.9 Å². The quantitative estimate of drug-likeness (QED) is 0.0451. The van der Waals surface area contributed by atoms with Crippen LogP contribution in [0.2, 0.25) is 0 Å². The number of unbranched alkanes of at least 4 members (excludes halogenated alkanes) is 6. The lowest BCUT2D eigenvalue weighted by Crippen LogP contribution is -2.08. The number of H-pyrrole nitrogens is 2. The van der Waals surface area contributed by atoms with Crippen LogP contribution in [0.4, 0.5) is 0 Å². The Bertz CT molecular complexity index is 3850. The maximum atomic E-state index is 10.3. The SMILES string of the molecule is CCCCC(CC)c1cc2c(cc1C(CC)CCCC)-c1nc-2nc2[nH]c(nc3nc(nc4[nH]c(n1)c1cc5cc(C#N)c(C#N)cc5cc41)-c1cc(C(CC)CCCC)c(C(CC)CCCC)cc1-3)c1cc(C(CC)CCCC)c(C(CC)CCCC)cc21. The summed E-state index contributed by atoms with van der Waals surface area (Å²) in [5.41, 5.74) is 15.9. The fourth-order valence-corrected chi connectivity index (χ4v) is 15.3. The lowest BCUT2D eigenvalue weighted by atomic mass is 9.79. The van der Waals surface area contributed by atoms with Crippen LogP contribution in [0.15, 0.2) is 60.7 Å². The molecule has 0 saturated carbocycles. The zero-order valence-electron chi connectivity index (χ0n) is 56.8. The fraction of sp³-hybridized carbons (Fsp3) is 0.525. The molecule has 0 fully saturated rings. The van der Waals surface area contributed by atoms with Crippen LogP contribution >= 0.6 is 0 Å². The molecule has 5 heterocycles. The third kappa shape index (κ3) is 13.2. The molecule has 8 bridgehead atoms. The first-order valence-electron chi connectivity index (χ1n) is 35.8. The highest BCUT2D eigenvalue weighted by atomic mass is 15.1. The zero-order valence-corrected chi connectivity index (χ0v) is 56.8. The van der Waals surface area contributed by atoms with Gasteiger partial charge in [0.1, 0.15) is 34.7 Å². The van der Waals surface area contributed by atoms with Gasteiger partial charge in [-0.15, -0.1) is 0 Å². The first kappa shape index (κ1) is 65.6. The van der Waals surface area contributed by atoms with Crippen molar-refractivity contribution in [2.75, 3.05) is 0 Å². The van der Waals surface area contributed by atoms with Gasteiger partial charge >= 0.3 is 0 Å². The lowest BCUT2D eigenvalue weighted by Gasteiger charge is -2.25. The molecule has 10 heteroatoms. The average molecular weight is 1200 g/mol.